The second-order valence-corrected chi connectivity index (χ2v) is 7.09. The zero-order valence-electron chi connectivity index (χ0n) is 14.1. The van der Waals surface area contributed by atoms with Gasteiger partial charge in [0.1, 0.15) is 12.7 Å². The highest BCUT2D eigenvalue weighted by atomic mass is 35.5. The third-order valence-electron chi connectivity index (χ3n) is 3.41. The fraction of sp³-hybridized carbons (Fsp3) is 0.278. The first-order chi connectivity index (χ1) is 12.4. The van der Waals surface area contributed by atoms with Gasteiger partial charge in [0.05, 0.1) is 4.92 Å². The molecule has 2 aromatic carbocycles. The first kappa shape index (κ1) is 20.1. The Morgan fingerprint density at radius 1 is 1.19 bits per heavy atom. The Balaban J connectivity index is 1.66. The normalized spacial score (nSPS) is 11.6. The maximum atomic E-state index is 11.7. The van der Waals surface area contributed by atoms with Crippen LogP contribution >= 0.6 is 23.4 Å². The Bertz CT molecular complexity index is 736. The summed E-state index contributed by atoms with van der Waals surface area (Å²) in [6.07, 6.45) is -0.355. The molecule has 2 rings (SSSR count). The van der Waals surface area contributed by atoms with Gasteiger partial charge in [-0.2, -0.15) is 0 Å². The predicted octanol–water partition coefficient (Wildman–Crippen LogP) is 5.47. The van der Waals surface area contributed by atoms with Crippen molar-refractivity contribution in [2.45, 2.75) is 31.0 Å². The number of thioether (sulfide) groups is 1. The number of benzene rings is 2. The van der Waals surface area contributed by atoms with Crippen LogP contribution in [0.1, 0.15) is 18.9 Å². The molecule has 0 aliphatic rings. The summed E-state index contributed by atoms with van der Waals surface area (Å²) in [4.78, 5) is 22.9. The number of ether oxygens (including phenoxy) is 2. The van der Waals surface area contributed by atoms with Crippen molar-refractivity contribution in [3.8, 4) is 0 Å². The summed E-state index contributed by atoms with van der Waals surface area (Å²) in [6, 6.07) is 13.4. The van der Waals surface area contributed by atoms with Crippen LogP contribution in [0.5, 0.6) is 0 Å². The third-order valence-corrected chi connectivity index (χ3v) is 4.71. The second kappa shape index (κ2) is 10.0. The molecule has 26 heavy (non-hydrogen) atoms. The molecule has 0 aliphatic carbocycles. The van der Waals surface area contributed by atoms with Crippen molar-refractivity contribution >= 4 is 35.2 Å². The van der Waals surface area contributed by atoms with Gasteiger partial charge in [0, 0.05) is 27.8 Å². The fourth-order valence-electron chi connectivity index (χ4n) is 1.99. The Morgan fingerprint density at radius 2 is 1.85 bits per heavy atom. The molecule has 0 aliphatic heterocycles. The highest BCUT2D eigenvalue weighted by molar-refractivity contribution is 7.99. The van der Waals surface area contributed by atoms with E-state index in [1.54, 1.807) is 18.7 Å². The minimum Gasteiger partial charge on any atom is -0.431 e. The fourth-order valence-corrected chi connectivity index (χ4v) is 3.13. The van der Waals surface area contributed by atoms with Gasteiger partial charge >= 0.3 is 6.16 Å². The lowest BCUT2D eigenvalue weighted by Gasteiger charge is -2.13. The summed E-state index contributed by atoms with van der Waals surface area (Å²) in [5, 5.41) is 11.3. The van der Waals surface area contributed by atoms with E-state index in [1.807, 2.05) is 24.3 Å². The number of nitro benzene ring substituents is 1. The smallest absolute Gasteiger partial charge is 0.431 e. The van der Waals surface area contributed by atoms with Crippen LogP contribution in [0, 0.1) is 10.1 Å². The van der Waals surface area contributed by atoms with E-state index in [2.05, 4.69) is 0 Å². The number of non-ortho nitro benzene ring substituents is 1. The standard InChI is InChI=1S/C18H18ClNO5S/c1-13(10-11-26-17-8-4-15(19)5-9-17)25-18(21)24-12-14-2-6-16(7-3-14)20(22)23/h2-9,13H,10-12H2,1H3/t13-/m1/s1. The lowest BCUT2D eigenvalue weighted by atomic mass is 10.2. The number of rotatable bonds is 8. The van der Waals surface area contributed by atoms with Crippen LogP contribution in [0.25, 0.3) is 0 Å². The van der Waals surface area contributed by atoms with Gasteiger partial charge in [-0.15, -0.1) is 11.8 Å². The monoisotopic (exact) mass is 395 g/mol. The molecule has 0 saturated heterocycles. The predicted molar refractivity (Wildman–Crippen MR) is 101 cm³/mol. The summed E-state index contributed by atoms with van der Waals surface area (Å²) in [6.45, 7) is 1.80. The van der Waals surface area contributed by atoms with E-state index in [0.29, 0.717) is 17.0 Å². The van der Waals surface area contributed by atoms with E-state index in [9.17, 15) is 14.9 Å². The topological polar surface area (TPSA) is 78.7 Å². The molecule has 6 nitrogen and oxygen atoms in total. The molecule has 2 aromatic rings. The largest absolute Gasteiger partial charge is 0.508 e. The third kappa shape index (κ3) is 6.93. The van der Waals surface area contributed by atoms with Gasteiger partial charge < -0.3 is 9.47 Å². The van der Waals surface area contributed by atoms with E-state index in [1.165, 1.54) is 24.3 Å². The van der Waals surface area contributed by atoms with Crippen LogP contribution in [-0.2, 0) is 16.1 Å². The van der Waals surface area contributed by atoms with Gasteiger partial charge in [0.15, 0.2) is 0 Å². The summed E-state index contributed by atoms with van der Waals surface area (Å²) >= 11 is 7.49. The van der Waals surface area contributed by atoms with Crippen molar-refractivity contribution in [2.24, 2.45) is 0 Å². The lowest BCUT2D eigenvalue weighted by molar-refractivity contribution is -0.384. The van der Waals surface area contributed by atoms with Crippen LogP contribution in [0.3, 0.4) is 0 Å². The molecule has 0 amide bonds. The quantitative estimate of drug-likeness (QED) is 0.255. The average Bonchev–Trinajstić information content (AvgIpc) is 2.62. The highest BCUT2D eigenvalue weighted by Gasteiger charge is 2.12. The molecule has 0 fully saturated rings. The van der Waals surface area contributed by atoms with Gasteiger partial charge in [-0.1, -0.05) is 11.6 Å². The Kier molecular flexibility index (Phi) is 7.74. The van der Waals surface area contributed by atoms with E-state index >= 15 is 0 Å². The SMILES string of the molecule is C[C@H](CCSc1ccc(Cl)cc1)OC(=O)OCc1ccc([N+](=O)[O-])cc1. The van der Waals surface area contributed by atoms with Crippen LogP contribution < -0.4 is 0 Å². The summed E-state index contributed by atoms with van der Waals surface area (Å²) in [5.41, 5.74) is 0.640. The number of hydrogen-bond donors (Lipinski definition) is 0. The van der Waals surface area contributed by atoms with Gasteiger partial charge in [-0.05, 0) is 55.3 Å². The molecule has 0 heterocycles. The van der Waals surface area contributed by atoms with Crippen molar-refractivity contribution in [3.63, 3.8) is 0 Å². The molecule has 0 aromatic heterocycles. The van der Waals surface area contributed by atoms with Gasteiger partial charge in [0.25, 0.3) is 5.69 Å². The maximum absolute atomic E-state index is 11.7. The molecular formula is C18H18ClNO5S. The zero-order valence-corrected chi connectivity index (χ0v) is 15.7. The van der Waals surface area contributed by atoms with E-state index in [-0.39, 0.29) is 18.4 Å². The van der Waals surface area contributed by atoms with Gasteiger partial charge in [-0.3, -0.25) is 10.1 Å². The number of carbonyl (C=O) groups excluding carboxylic acids is 1. The van der Waals surface area contributed by atoms with Crippen molar-refractivity contribution in [2.75, 3.05) is 5.75 Å². The van der Waals surface area contributed by atoms with E-state index < -0.39 is 11.1 Å². The van der Waals surface area contributed by atoms with Crippen LogP contribution in [-0.4, -0.2) is 22.9 Å². The summed E-state index contributed by atoms with van der Waals surface area (Å²) < 4.78 is 10.2. The van der Waals surface area contributed by atoms with Gasteiger partial charge in [0.2, 0.25) is 0 Å². The Labute approximate surface area is 160 Å². The number of halogens is 1. The van der Waals surface area contributed by atoms with Gasteiger partial charge in [-0.25, -0.2) is 4.79 Å². The summed E-state index contributed by atoms with van der Waals surface area (Å²) in [5.74, 6) is 0.790. The first-order valence-corrected chi connectivity index (χ1v) is 9.25. The molecule has 8 heteroatoms. The summed E-state index contributed by atoms with van der Waals surface area (Å²) in [7, 11) is 0. The highest BCUT2D eigenvalue weighted by Crippen LogP contribution is 2.22. The Morgan fingerprint density at radius 3 is 2.46 bits per heavy atom. The van der Waals surface area contributed by atoms with Crippen LogP contribution in [0.4, 0.5) is 10.5 Å². The second-order valence-electron chi connectivity index (χ2n) is 5.48. The minimum atomic E-state index is -0.757. The maximum Gasteiger partial charge on any atom is 0.508 e. The molecule has 0 bridgehead atoms. The first-order valence-electron chi connectivity index (χ1n) is 7.89. The number of nitro groups is 1. The van der Waals surface area contributed by atoms with Crippen molar-refractivity contribution < 1.29 is 19.2 Å². The number of hydrogen-bond acceptors (Lipinski definition) is 6. The molecule has 0 unspecified atom stereocenters. The zero-order chi connectivity index (χ0) is 18.9. The van der Waals surface area contributed by atoms with Crippen molar-refractivity contribution in [3.05, 3.63) is 69.2 Å². The molecular weight excluding hydrogens is 378 g/mol. The number of carbonyl (C=O) groups is 1. The lowest BCUT2D eigenvalue weighted by Crippen LogP contribution is -2.16. The van der Waals surface area contributed by atoms with E-state index in [0.717, 1.165) is 10.6 Å². The van der Waals surface area contributed by atoms with E-state index in [4.69, 9.17) is 21.1 Å². The molecule has 0 spiro atoms. The molecule has 1 atom stereocenters. The molecule has 138 valence electrons. The minimum absolute atomic E-state index is 0.00305. The number of nitrogens with zero attached hydrogens (tertiary/aromatic N) is 1. The molecule has 0 N–H and O–H groups in total. The van der Waals surface area contributed by atoms with Crippen molar-refractivity contribution in [1.82, 2.24) is 0 Å². The molecule has 0 saturated carbocycles. The molecule has 0 radical (unpaired) electrons. The Hall–Kier alpha value is -2.25. The van der Waals surface area contributed by atoms with Crippen LogP contribution in [0.2, 0.25) is 5.02 Å². The van der Waals surface area contributed by atoms with Crippen LogP contribution in [0.15, 0.2) is 53.4 Å². The average molecular weight is 396 g/mol. The van der Waals surface area contributed by atoms with Crippen molar-refractivity contribution in [1.29, 1.82) is 0 Å².